The van der Waals surface area contributed by atoms with Gasteiger partial charge in [0.05, 0.1) is 0 Å². The third kappa shape index (κ3) is 20.7. The van der Waals surface area contributed by atoms with Gasteiger partial charge < -0.3 is 13.3 Å². The predicted molar refractivity (Wildman–Crippen MR) is 143 cm³/mol. The van der Waals surface area contributed by atoms with E-state index in [0.717, 1.165) is 45.1 Å². The average molecular weight is 473 g/mol. The molecule has 0 saturated heterocycles. The van der Waals surface area contributed by atoms with Gasteiger partial charge in [-0.1, -0.05) is 130 Å². The minimum atomic E-state index is -2.56. The van der Waals surface area contributed by atoms with Crippen LogP contribution >= 0.6 is 0 Å². The molecular formula is C28H60O3Si. The van der Waals surface area contributed by atoms with E-state index in [4.69, 9.17) is 13.3 Å². The van der Waals surface area contributed by atoms with Crippen molar-refractivity contribution in [1.29, 1.82) is 0 Å². The van der Waals surface area contributed by atoms with Gasteiger partial charge in [0, 0.05) is 25.9 Å². The van der Waals surface area contributed by atoms with Crippen LogP contribution < -0.4 is 0 Å². The highest BCUT2D eigenvalue weighted by atomic mass is 28.4. The molecule has 0 saturated carbocycles. The van der Waals surface area contributed by atoms with E-state index >= 15 is 0 Å². The van der Waals surface area contributed by atoms with Gasteiger partial charge in [-0.2, -0.15) is 0 Å². The monoisotopic (exact) mass is 472 g/mol. The van der Waals surface area contributed by atoms with Crippen LogP contribution in [0.15, 0.2) is 0 Å². The summed E-state index contributed by atoms with van der Waals surface area (Å²) in [6.07, 6.45) is 25.6. The fraction of sp³-hybridized carbons (Fsp3) is 1.00. The Morgan fingerprint density at radius 1 is 0.344 bits per heavy atom. The van der Waals surface area contributed by atoms with Crippen LogP contribution in [-0.2, 0) is 13.3 Å². The van der Waals surface area contributed by atoms with Crippen LogP contribution in [0.2, 0.25) is 6.04 Å². The van der Waals surface area contributed by atoms with Gasteiger partial charge >= 0.3 is 8.80 Å². The molecule has 0 heterocycles. The Hall–Kier alpha value is 0.0969. The first-order valence-electron chi connectivity index (χ1n) is 14.7. The number of hydrogen-bond acceptors (Lipinski definition) is 3. The summed E-state index contributed by atoms with van der Waals surface area (Å²) < 4.78 is 19.6. The summed E-state index contributed by atoms with van der Waals surface area (Å²) in [4.78, 5) is 0. The van der Waals surface area contributed by atoms with E-state index in [1.165, 1.54) is 109 Å². The van der Waals surface area contributed by atoms with Crippen molar-refractivity contribution in [1.82, 2.24) is 0 Å². The lowest BCUT2D eigenvalue weighted by Gasteiger charge is -2.30. The van der Waals surface area contributed by atoms with E-state index in [2.05, 4.69) is 27.7 Å². The van der Waals surface area contributed by atoms with Gasteiger partial charge in [-0.25, -0.2) is 0 Å². The highest BCUT2D eigenvalue weighted by molar-refractivity contribution is 6.60. The first-order chi connectivity index (χ1) is 15.7. The molecule has 0 amide bonds. The lowest BCUT2D eigenvalue weighted by Crippen LogP contribution is -2.46. The molecule has 0 aromatic carbocycles. The summed E-state index contributed by atoms with van der Waals surface area (Å²) in [6.45, 7) is 11.5. The quantitative estimate of drug-likeness (QED) is 0.0879. The highest BCUT2D eigenvalue weighted by Gasteiger charge is 2.40. The fourth-order valence-electron chi connectivity index (χ4n) is 4.09. The molecule has 32 heavy (non-hydrogen) atoms. The summed E-state index contributed by atoms with van der Waals surface area (Å²) in [5.74, 6) is 0. The van der Waals surface area contributed by atoms with E-state index in [1.54, 1.807) is 0 Å². The minimum Gasteiger partial charge on any atom is -0.373 e. The molecule has 0 N–H and O–H groups in total. The second-order valence-corrected chi connectivity index (χ2v) is 12.4. The Balaban J connectivity index is 4.66. The molecule has 0 aliphatic rings. The Kier molecular flexibility index (Phi) is 25.8. The van der Waals surface area contributed by atoms with Crippen molar-refractivity contribution in [2.45, 2.75) is 162 Å². The Morgan fingerprint density at radius 2 is 0.625 bits per heavy atom. The maximum atomic E-state index is 6.54. The predicted octanol–water partition coefficient (Wildman–Crippen LogP) is 9.86. The van der Waals surface area contributed by atoms with Gasteiger partial charge in [0.2, 0.25) is 0 Å². The zero-order valence-electron chi connectivity index (χ0n) is 22.7. The molecule has 0 aromatic heterocycles. The summed E-state index contributed by atoms with van der Waals surface area (Å²) >= 11 is 0. The molecule has 4 heteroatoms. The summed E-state index contributed by atoms with van der Waals surface area (Å²) in [5, 5.41) is 0. The molecule has 0 aliphatic heterocycles. The summed E-state index contributed by atoms with van der Waals surface area (Å²) in [6, 6.07) is 1.01. The number of unbranched alkanes of at least 4 members (excludes halogenated alkanes) is 16. The van der Waals surface area contributed by atoms with Crippen molar-refractivity contribution in [3.05, 3.63) is 0 Å². The van der Waals surface area contributed by atoms with E-state index in [-0.39, 0.29) is 0 Å². The Morgan fingerprint density at radius 3 is 0.969 bits per heavy atom. The molecule has 0 unspecified atom stereocenters. The molecule has 3 nitrogen and oxygen atoms in total. The molecule has 0 aliphatic carbocycles. The minimum absolute atomic E-state index is 0.813. The molecule has 0 spiro atoms. The van der Waals surface area contributed by atoms with E-state index in [1.807, 2.05) is 0 Å². The lowest BCUT2D eigenvalue weighted by atomic mass is 10.1. The van der Waals surface area contributed by atoms with E-state index in [0.29, 0.717) is 0 Å². The second-order valence-electron chi connectivity index (χ2n) is 9.64. The number of rotatable bonds is 27. The van der Waals surface area contributed by atoms with Gasteiger partial charge in [-0.3, -0.25) is 0 Å². The van der Waals surface area contributed by atoms with Crippen LogP contribution in [0.5, 0.6) is 0 Å². The third-order valence-electron chi connectivity index (χ3n) is 6.30. The van der Waals surface area contributed by atoms with Crippen molar-refractivity contribution in [3.63, 3.8) is 0 Å². The molecule has 0 bridgehead atoms. The van der Waals surface area contributed by atoms with Crippen molar-refractivity contribution in [2.24, 2.45) is 0 Å². The number of hydrogen-bond donors (Lipinski definition) is 0. The first kappa shape index (κ1) is 32.1. The molecule has 194 valence electrons. The van der Waals surface area contributed by atoms with Crippen molar-refractivity contribution in [2.75, 3.05) is 19.8 Å². The topological polar surface area (TPSA) is 27.7 Å². The van der Waals surface area contributed by atoms with Gasteiger partial charge in [0.1, 0.15) is 0 Å². The van der Waals surface area contributed by atoms with Crippen molar-refractivity contribution < 1.29 is 13.3 Å². The molecule has 0 radical (unpaired) electrons. The molecule has 0 fully saturated rings. The fourth-order valence-corrected chi connectivity index (χ4v) is 6.82. The van der Waals surface area contributed by atoms with Crippen LogP contribution in [-0.4, -0.2) is 28.6 Å². The van der Waals surface area contributed by atoms with Crippen LogP contribution in [0, 0.1) is 0 Å². The molecule has 0 rings (SSSR count). The maximum absolute atomic E-state index is 6.54. The Labute approximate surface area is 204 Å². The molecule has 0 atom stereocenters. The Bertz CT molecular complexity index is 316. The maximum Gasteiger partial charge on any atom is 0.500 e. The van der Waals surface area contributed by atoms with Crippen LogP contribution in [0.4, 0.5) is 0 Å². The lowest BCUT2D eigenvalue weighted by molar-refractivity contribution is 0.0546. The van der Waals surface area contributed by atoms with E-state index < -0.39 is 8.80 Å². The third-order valence-corrected chi connectivity index (χ3v) is 9.19. The molecular weight excluding hydrogens is 412 g/mol. The second kappa shape index (κ2) is 25.7. The van der Waals surface area contributed by atoms with Gasteiger partial charge in [0.25, 0.3) is 0 Å². The van der Waals surface area contributed by atoms with Gasteiger partial charge in [0.15, 0.2) is 0 Å². The van der Waals surface area contributed by atoms with Crippen LogP contribution in [0.1, 0.15) is 156 Å². The summed E-state index contributed by atoms with van der Waals surface area (Å²) in [7, 11) is -2.56. The van der Waals surface area contributed by atoms with Crippen molar-refractivity contribution in [3.8, 4) is 0 Å². The van der Waals surface area contributed by atoms with Crippen molar-refractivity contribution >= 4 is 8.80 Å². The summed E-state index contributed by atoms with van der Waals surface area (Å²) in [5.41, 5.74) is 0. The smallest absolute Gasteiger partial charge is 0.373 e. The zero-order valence-corrected chi connectivity index (χ0v) is 23.7. The highest BCUT2D eigenvalue weighted by Crippen LogP contribution is 2.23. The average Bonchev–Trinajstić information content (AvgIpc) is 2.80. The van der Waals surface area contributed by atoms with Crippen LogP contribution in [0.25, 0.3) is 0 Å². The van der Waals surface area contributed by atoms with Gasteiger partial charge in [-0.15, -0.1) is 0 Å². The standard InChI is InChI=1S/C28H60O3Si/c1-5-9-13-17-18-19-20-24-28-32(29-25-21-14-10-6-2,30-26-22-15-11-7-3)31-27-23-16-12-8-4/h5-28H2,1-4H3. The SMILES string of the molecule is CCCCCCCCCC[Si](OCCCCCC)(OCCCCCC)OCCCCCC. The zero-order chi connectivity index (χ0) is 23.6. The van der Waals surface area contributed by atoms with Gasteiger partial charge in [-0.05, 0) is 25.7 Å². The van der Waals surface area contributed by atoms with E-state index in [9.17, 15) is 0 Å². The molecule has 0 aromatic rings. The first-order valence-corrected chi connectivity index (χ1v) is 16.6. The normalized spacial score (nSPS) is 12.0. The largest absolute Gasteiger partial charge is 0.500 e. The van der Waals surface area contributed by atoms with Crippen LogP contribution in [0.3, 0.4) is 0 Å².